The van der Waals surface area contributed by atoms with Gasteiger partial charge in [-0.05, 0) is 30.4 Å². The Morgan fingerprint density at radius 3 is 3.16 bits per heavy atom. The van der Waals surface area contributed by atoms with E-state index in [1.807, 2.05) is 22.5 Å². The topological polar surface area (TPSA) is 59.0 Å². The molecule has 1 aliphatic carbocycles. The number of aryl methyl sites for hydroxylation is 1. The first-order valence-corrected chi connectivity index (χ1v) is 10.2. The number of nitrogens with one attached hydrogen (secondary N) is 2. The zero-order chi connectivity index (χ0) is 17.1. The van der Waals surface area contributed by atoms with Crippen LogP contribution in [0.1, 0.15) is 36.4 Å². The van der Waals surface area contributed by atoms with E-state index in [0.29, 0.717) is 6.42 Å². The lowest BCUT2D eigenvalue weighted by Crippen LogP contribution is -2.40. The molecule has 25 heavy (non-hydrogen) atoms. The molecule has 132 valence electrons. The normalized spacial score (nSPS) is 23.0. The van der Waals surface area contributed by atoms with Gasteiger partial charge in [-0.1, -0.05) is 24.3 Å². The Hall–Kier alpha value is -1.79. The van der Waals surface area contributed by atoms with Crippen molar-refractivity contribution in [3.8, 4) is 0 Å². The average molecular weight is 356 g/mol. The van der Waals surface area contributed by atoms with Crippen molar-refractivity contribution in [2.24, 2.45) is 0 Å². The van der Waals surface area contributed by atoms with Gasteiger partial charge in [-0.15, -0.1) is 0 Å². The number of thioether (sulfide) groups is 1. The molecule has 6 heteroatoms. The van der Waals surface area contributed by atoms with Crippen LogP contribution >= 0.6 is 11.8 Å². The number of nitrogens with zero attached hydrogens (tertiary/aromatic N) is 2. The van der Waals surface area contributed by atoms with Crippen LogP contribution in [0.25, 0.3) is 0 Å². The van der Waals surface area contributed by atoms with Crippen LogP contribution in [0.5, 0.6) is 0 Å². The predicted octanol–water partition coefficient (Wildman–Crippen LogP) is 2.84. The highest BCUT2D eigenvalue weighted by Gasteiger charge is 2.24. The third kappa shape index (κ3) is 3.75. The highest BCUT2D eigenvalue weighted by molar-refractivity contribution is 7.99. The molecule has 0 radical (unpaired) electrons. The van der Waals surface area contributed by atoms with Crippen molar-refractivity contribution < 1.29 is 4.79 Å². The van der Waals surface area contributed by atoms with Gasteiger partial charge in [0.05, 0.1) is 12.2 Å². The van der Waals surface area contributed by atoms with E-state index in [4.69, 9.17) is 0 Å². The smallest absolute Gasteiger partial charge is 0.227 e. The quantitative estimate of drug-likeness (QED) is 0.884. The summed E-state index contributed by atoms with van der Waals surface area (Å²) in [6, 6.07) is 11.0. The number of hydrogen-bond donors (Lipinski definition) is 2. The summed E-state index contributed by atoms with van der Waals surface area (Å²) in [6.07, 6.45) is 5.63. The first kappa shape index (κ1) is 16.7. The molecule has 2 heterocycles. The van der Waals surface area contributed by atoms with Crippen molar-refractivity contribution in [3.63, 3.8) is 0 Å². The van der Waals surface area contributed by atoms with Crippen molar-refractivity contribution in [3.05, 3.63) is 47.7 Å². The lowest BCUT2D eigenvalue weighted by Gasteiger charge is -2.27. The van der Waals surface area contributed by atoms with Gasteiger partial charge in [0.2, 0.25) is 5.91 Å². The summed E-state index contributed by atoms with van der Waals surface area (Å²) in [6.45, 7) is 0.986. The van der Waals surface area contributed by atoms with Gasteiger partial charge in [-0.3, -0.25) is 4.79 Å². The summed E-state index contributed by atoms with van der Waals surface area (Å²) in [5.74, 6) is 3.00. The molecular formula is C19H24N4OS. The molecule has 0 spiro atoms. The second-order valence-electron chi connectivity index (χ2n) is 6.75. The molecule has 2 atom stereocenters. The number of fused-ring (bicyclic) bond motifs is 1. The lowest BCUT2D eigenvalue weighted by molar-refractivity contribution is -0.116. The maximum absolute atomic E-state index is 12.5. The van der Waals surface area contributed by atoms with Crippen molar-refractivity contribution >= 4 is 23.5 Å². The van der Waals surface area contributed by atoms with Crippen LogP contribution in [0.3, 0.4) is 0 Å². The molecule has 1 aliphatic heterocycles. The summed E-state index contributed by atoms with van der Waals surface area (Å²) >= 11 is 1.91. The van der Waals surface area contributed by atoms with E-state index in [0.717, 1.165) is 43.1 Å². The van der Waals surface area contributed by atoms with Crippen LogP contribution in [0.4, 0.5) is 5.82 Å². The summed E-state index contributed by atoms with van der Waals surface area (Å²) in [5.41, 5.74) is 2.73. The fourth-order valence-corrected chi connectivity index (χ4v) is 4.76. The fourth-order valence-electron chi connectivity index (χ4n) is 3.81. The van der Waals surface area contributed by atoms with Crippen molar-refractivity contribution in [2.75, 3.05) is 23.4 Å². The van der Waals surface area contributed by atoms with Crippen LogP contribution in [0.2, 0.25) is 0 Å². The number of carbonyl (C=O) groups excluding carboxylic acids is 1. The van der Waals surface area contributed by atoms with Gasteiger partial charge in [-0.25, -0.2) is 4.68 Å². The Morgan fingerprint density at radius 2 is 2.28 bits per heavy atom. The van der Waals surface area contributed by atoms with Gasteiger partial charge in [0.1, 0.15) is 5.82 Å². The van der Waals surface area contributed by atoms with E-state index in [2.05, 4.69) is 40.0 Å². The molecule has 1 saturated heterocycles. The molecule has 1 amide bonds. The number of hydrogen-bond acceptors (Lipinski definition) is 4. The van der Waals surface area contributed by atoms with Gasteiger partial charge >= 0.3 is 0 Å². The highest BCUT2D eigenvalue weighted by Crippen LogP contribution is 2.34. The Labute approximate surface area is 152 Å². The summed E-state index contributed by atoms with van der Waals surface area (Å²) < 4.78 is 1.99. The molecule has 2 unspecified atom stereocenters. The number of anilines is 1. The molecule has 1 aromatic carbocycles. The first-order chi connectivity index (χ1) is 12.3. The van der Waals surface area contributed by atoms with Crippen molar-refractivity contribution in [1.82, 2.24) is 15.1 Å². The van der Waals surface area contributed by atoms with Gasteiger partial charge < -0.3 is 10.6 Å². The number of benzene rings is 1. The second kappa shape index (κ2) is 7.62. The predicted molar refractivity (Wildman–Crippen MR) is 102 cm³/mol. The number of carbonyl (C=O) groups is 1. The Bertz CT molecular complexity index is 739. The van der Waals surface area contributed by atoms with Gasteiger partial charge in [0.15, 0.2) is 0 Å². The minimum absolute atomic E-state index is 0.0610. The molecule has 2 N–H and O–H groups in total. The molecule has 1 fully saturated rings. The molecular weight excluding hydrogens is 332 g/mol. The monoisotopic (exact) mass is 356 g/mol. The van der Waals surface area contributed by atoms with E-state index in [-0.39, 0.29) is 18.0 Å². The molecule has 2 aliphatic rings. The van der Waals surface area contributed by atoms with Crippen LogP contribution in [0.15, 0.2) is 36.5 Å². The van der Waals surface area contributed by atoms with E-state index in [1.165, 1.54) is 11.1 Å². The number of amides is 1. The number of rotatable bonds is 4. The first-order valence-electron chi connectivity index (χ1n) is 9.03. The molecule has 0 bridgehead atoms. The van der Waals surface area contributed by atoms with Crippen LogP contribution in [-0.4, -0.2) is 39.8 Å². The second-order valence-corrected chi connectivity index (χ2v) is 7.90. The molecule has 5 nitrogen and oxygen atoms in total. The van der Waals surface area contributed by atoms with Gasteiger partial charge in [-0.2, -0.15) is 16.9 Å². The zero-order valence-corrected chi connectivity index (χ0v) is 15.1. The SMILES string of the molecule is O=C(CC1CSCCN1)Nc1ccnn1C1CCCc2ccccc21. The molecule has 0 saturated carbocycles. The maximum Gasteiger partial charge on any atom is 0.227 e. The lowest BCUT2D eigenvalue weighted by atomic mass is 9.88. The average Bonchev–Trinajstić information content (AvgIpc) is 3.09. The molecule has 1 aromatic heterocycles. The maximum atomic E-state index is 12.5. The largest absolute Gasteiger partial charge is 0.312 e. The van der Waals surface area contributed by atoms with Gasteiger partial charge in [0.25, 0.3) is 0 Å². The number of aromatic nitrogens is 2. The summed E-state index contributed by atoms with van der Waals surface area (Å²) in [7, 11) is 0. The molecule has 4 rings (SSSR count). The Balaban J connectivity index is 1.48. The standard InChI is InChI=1S/C19H24N4OS/c24-19(12-15-13-25-11-10-20-15)22-18-8-9-21-23(18)17-7-3-5-14-4-1-2-6-16(14)17/h1-2,4,6,8-9,15,17,20H,3,5,7,10-13H2,(H,22,24). The zero-order valence-electron chi connectivity index (χ0n) is 14.3. The van der Waals surface area contributed by atoms with Crippen molar-refractivity contribution in [2.45, 2.75) is 37.8 Å². The Kier molecular flexibility index (Phi) is 5.08. The van der Waals surface area contributed by atoms with E-state index >= 15 is 0 Å². The highest BCUT2D eigenvalue weighted by atomic mass is 32.2. The Morgan fingerprint density at radius 1 is 1.36 bits per heavy atom. The van der Waals surface area contributed by atoms with E-state index in [1.54, 1.807) is 6.20 Å². The molecule has 2 aromatic rings. The van der Waals surface area contributed by atoms with E-state index < -0.39 is 0 Å². The minimum Gasteiger partial charge on any atom is -0.312 e. The fraction of sp³-hybridized carbons (Fsp3) is 0.474. The summed E-state index contributed by atoms with van der Waals surface area (Å²) in [5, 5.41) is 11.0. The van der Waals surface area contributed by atoms with Crippen LogP contribution in [-0.2, 0) is 11.2 Å². The van der Waals surface area contributed by atoms with Crippen molar-refractivity contribution in [1.29, 1.82) is 0 Å². The van der Waals surface area contributed by atoms with Gasteiger partial charge in [0, 0.05) is 36.6 Å². The van der Waals surface area contributed by atoms with Crippen LogP contribution < -0.4 is 10.6 Å². The summed E-state index contributed by atoms with van der Waals surface area (Å²) in [4.78, 5) is 12.5. The minimum atomic E-state index is 0.0610. The van der Waals surface area contributed by atoms with Crippen LogP contribution in [0, 0.1) is 0 Å². The van der Waals surface area contributed by atoms with E-state index in [9.17, 15) is 4.79 Å². The third-order valence-corrected chi connectivity index (χ3v) is 6.13. The third-order valence-electron chi connectivity index (χ3n) is 5.00.